The second-order valence-electron chi connectivity index (χ2n) is 4.09. The molecule has 5 N–H and O–H groups in total. The summed E-state index contributed by atoms with van der Waals surface area (Å²) in [6.07, 6.45) is -0.279. The second-order valence-corrected chi connectivity index (χ2v) is 4.91. The van der Waals surface area contributed by atoms with E-state index in [4.69, 9.17) is 34.0 Å². The first-order valence-electron chi connectivity index (χ1n) is 5.84. The van der Waals surface area contributed by atoms with E-state index in [0.29, 0.717) is 0 Å². The second kappa shape index (κ2) is 7.70. The SMILES string of the molecule is NC(=O)CCC(NC(=O)Nc1c(Cl)cccc1Cl)C(=O)O. The smallest absolute Gasteiger partial charge is 0.326 e. The van der Waals surface area contributed by atoms with Gasteiger partial charge in [-0.05, 0) is 18.6 Å². The number of halogens is 2. The average molecular weight is 334 g/mol. The fourth-order valence-electron chi connectivity index (χ4n) is 1.47. The van der Waals surface area contributed by atoms with Crippen LogP contribution in [0, 0.1) is 0 Å². The van der Waals surface area contributed by atoms with Gasteiger partial charge >= 0.3 is 12.0 Å². The zero-order valence-electron chi connectivity index (χ0n) is 10.7. The Kier molecular flexibility index (Phi) is 6.26. The fourth-order valence-corrected chi connectivity index (χ4v) is 1.96. The number of nitrogens with two attached hydrogens (primary N) is 1. The molecule has 0 aromatic heterocycles. The monoisotopic (exact) mass is 333 g/mol. The van der Waals surface area contributed by atoms with Crippen LogP contribution in [0.3, 0.4) is 0 Å². The van der Waals surface area contributed by atoms with Crippen molar-refractivity contribution in [3.63, 3.8) is 0 Å². The summed E-state index contributed by atoms with van der Waals surface area (Å²) in [5, 5.41) is 13.9. The number of carboxylic acid groups (broad SMARTS) is 1. The van der Waals surface area contributed by atoms with Gasteiger partial charge in [-0.15, -0.1) is 0 Å². The van der Waals surface area contributed by atoms with E-state index in [9.17, 15) is 14.4 Å². The lowest BCUT2D eigenvalue weighted by atomic mass is 10.1. The number of carbonyl (C=O) groups excluding carboxylic acids is 2. The standard InChI is InChI=1S/C12H13Cl2N3O4/c13-6-2-1-3-7(14)10(6)17-12(21)16-8(11(19)20)4-5-9(15)18/h1-3,8H,4-5H2,(H2,15,18)(H,19,20)(H2,16,17,21). The third-order valence-electron chi connectivity index (χ3n) is 2.48. The zero-order chi connectivity index (χ0) is 16.0. The maximum absolute atomic E-state index is 11.8. The highest BCUT2D eigenvalue weighted by Gasteiger charge is 2.21. The predicted molar refractivity (Wildman–Crippen MR) is 78.5 cm³/mol. The van der Waals surface area contributed by atoms with E-state index in [1.807, 2.05) is 0 Å². The van der Waals surface area contributed by atoms with Gasteiger partial charge in [0.2, 0.25) is 5.91 Å². The van der Waals surface area contributed by atoms with Crippen LogP contribution < -0.4 is 16.4 Å². The van der Waals surface area contributed by atoms with E-state index in [1.165, 1.54) is 12.1 Å². The predicted octanol–water partition coefficient (Wildman–Crippen LogP) is 1.83. The minimum absolute atomic E-state index is 0.117. The number of urea groups is 1. The van der Waals surface area contributed by atoms with Crippen LogP contribution in [-0.4, -0.2) is 29.1 Å². The Morgan fingerprint density at radius 1 is 1.24 bits per heavy atom. The molecule has 1 rings (SSSR count). The van der Waals surface area contributed by atoms with Crippen molar-refractivity contribution in [1.82, 2.24) is 5.32 Å². The number of amides is 3. The quantitative estimate of drug-likeness (QED) is 0.634. The Hall–Kier alpha value is -1.99. The van der Waals surface area contributed by atoms with Gasteiger partial charge in [-0.3, -0.25) is 4.79 Å². The van der Waals surface area contributed by atoms with Gasteiger partial charge in [-0.25, -0.2) is 9.59 Å². The molecule has 0 fully saturated rings. The highest BCUT2D eigenvalue weighted by molar-refractivity contribution is 6.39. The summed E-state index contributed by atoms with van der Waals surface area (Å²) in [5.74, 6) is -1.94. The van der Waals surface area contributed by atoms with E-state index >= 15 is 0 Å². The lowest BCUT2D eigenvalue weighted by Gasteiger charge is -2.15. The minimum Gasteiger partial charge on any atom is -0.480 e. The van der Waals surface area contributed by atoms with Crippen molar-refractivity contribution in [1.29, 1.82) is 0 Å². The fraction of sp³-hybridized carbons (Fsp3) is 0.250. The number of hydrogen-bond acceptors (Lipinski definition) is 3. The molecule has 9 heteroatoms. The van der Waals surface area contributed by atoms with Crippen molar-refractivity contribution >= 4 is 46.8 Å². The first kappa shape index (κ1) is 17.1. The van der Waals surface area contributed by atoms with Crippen LogP contribution in [-0.2, 0) is 9.59 Å². The Morgan fingerprint density at radius 3 is 2.29 bits per heavy atom. The largest absolute Gasteiger partial charge is 0.480 e. The molecule has 1 aromatic carbocycles. The number of primary amides is 1. The van der Waals surface area contributed by atoms with Crippen LogP contribution in [0.15, 0.2) is 18.2 Å². The summed E-state index contributed by atoms with van der Waals surface area (Å²) < 4.78 is 0. The van der Waals surface area contributed by atoms with Gasteiger partial charge in [0.15, 0.2) is 0 Å². The summed E-state index contributed by atoms with van der Waals surface area (Å²) in [6.45, 7) is 0. The molecule has 7 nitrogen and oxygen atoms in total. The summed E-state index contributed by atoms with van der Waals surface area (Å²) in [7, 11) is 0. The van der Waals surface area contributed by atoms with E-state index in [1.54, 1.807) is 6.07 Å². The van der Waals surface area contributed by atoms with Gasteiger partial charge in [-0.1, -0.05) is 29.3 Å². The van der Waals surface area contributed by atoms with Gasteiger partial charge in [0.1, 0.15) is 6.04 Å². The van der Waals surface area contributed by atoms with Gasteiger partial charge in [0, 0.05) is 6.42 Å². The molecule has 0 saturated carbocycles. The third kappa shape index (κ3) is 5.49. The molecule has 0 aliphatic carbocycles. The van der Waals surface area contributed by atoms with E-state index in [0.717, 1.165) is 0 Å². The molecule has 1 unspecified atom stereocenters. The summed E-state index contributed by atoms with van der Waals surface area (Å²) >= 11 is 11.7. The van der Waals surface area contributed by atoms with Crippen molar-refractivity contribution in [2.75, 3.05) is 5.32 Å². The number of rotatable bonds is 6. The van der Waals surface area contributed by atoms with Crippen molar-refractivity contribution in [2.45, 2.75) is 18.9 Å². The Bertz CT molecular complexity index is 545. The van der Waals surface area contributed by atoms with E-state index < -0.39 is 23.9 Å². The van der Waals surface area contributed by atoms with Crippen LogP contribution in [0.5, 0.6) is 0 Å². The number of benzene rings is 1. The highest BCUT2D eigenvalue weighted by atomic mass is 35.5. The maximum Gasteiger partial charge on any atom is 0.326 e. The number of aliphatic carboxylic acids is 1. The zero-order valence-corrected chi connectivity index (χ0v) is 12.2. The van der Waals surface area contributed by atoms with Gasteiger partial charge in [0.25, 0.3) is 0 Å². The number of para-hydroxylation sites is 1. The van der Waals surface area contributed by atoms with Crippen LogP contribution in [0.1, 0.15) is 12.8 Å². The van der Waals surface area contributed by atoms with Gasteiger partial charge in [0.05, 0.1) is 15.7 Å². The first-order valence-corrected chi connectivity index (χ1v) is 6.59. The topological polar surface area (TPSA) is 122 Å². The number of anilines is 1. The van der Waals surface area contributed by atoms with Crippen molar-refractivity contribution in [3.05, 3.63) is 28.2 Å². The van der Waals surface area contributed by atoms with Crippen LogP contribution in [0.25, 0.3) is 0 Å². The molecule has 114 valence electrons. The molecule has 0 heterocycles. The van der Waals surface area contributed by atoms with Crippen molar-refractivity contribution < 1.29 is 19.5 Å². The molecule has 0 aliphatic rings. The summed E-state index contributed by atoms with van der Waals surface area (Å²) in [5.41, 5.74) is 5.10. The van der Waals surface area contributed by atoms with Crippen LogP contribution in [0.4, 0.5) is 10.5 Å². The summed E-state index contributed by atoms with van der Waals surface area (Å²) in [6, 6.07) is 2.58. The molecular formula is C12H13Cl2N3O4. The molecule has 1 atom stereocenters. The Balaban J connectivity index is 2.70. The van der Waals surface area contributed by atoms with Gasteiger partial charge < -0.3 is 21.5 Å². The number of carboxylic acids is 1. The van der Waals surface area contributed by atoms with Crippen LogP contribution >= 0.6 is 23.2 Å². The first-order chi connectivity index (χ1) is 9.81. The van der Waals surface area contributed by atoms with Gasteiger partial charge in [-0.2, -0.15) is 0 Å². The molecule has 0 spiro atoms. The van der Waals surface area contributed by atoms with E-state index in [-0.39, 0.29) is 28.6 Å². The number of carbonyl (C=O) groups is 3. The highest BCUT2D eigenvalue weighted by Crippen LogP contribution is 2.29. The summed E-state index contributed by atoms with van der Waals surface area (Å²) in [4.78, 5) is 33.4. The van der Waals surface area contributed by atoms with Crippen molar-refractivity contribution in [2.24, 2.45) is 5.73 Å². The third-order valence-corrected chi connectivity index (χ3v) is 3.11. The lowest BCUT2D eigenvalue weighted by Crippen LogP contribution is -2.43. The number of nitrogens with one attached hydrogen (secondary N) is 2. The molecule has 3 amide bonds. The Labute approximate surface area is 130 Å². The average Bonchev–Trinajstić information content (AvgIpc) is 2.38. The molecular weight excluding hydrogens is 321 g/mol. The van der Waals surface area contributed by atoms with Crippen LogP contribution in [0.2, 0.25) is 10.0 Å². The Morgan fingerprint density at radius 2 is 1.81 bits per heavy atom. The van der Waals surface area contributed by atoms with Crippen molar-refractivity contribution in [3.8, 4) is 0 Å². The number of hydrogen-bond donors (Lipinski definition) is 4. The normalized spacial score (nSPS) is 11.5. The molecule has 0 bridgehead atoms. The molecule has 0 aliphatic heterocycles. The molecule has 0 radical (unpaired) electrons. The molecule has 0 saturated heterocycles. The maximum atomic E-state index is 11.8. The molecule has 21 heavy (non-hydrogen) atoms. The lowest BCUT2D eigenvalue weighted by molar-refractivity contribution is -0.139. The van der Waals surface area contributed by atoms with E-state index in [2.05, 4.69) is 10.6 Å². The minimum atomic E-state index is -1.28. The molecule has 1 aromatic rings.